The summed E-state index contributed by atoms with van der Waals surface area (Å²) in [6.07, 6.45) is 1.61. The minimum atomic E-state index is -0.127. The van der Waals surface area contributed by atoms with Crippen molar-refractivity contribution in [2.75, 3.05) is 0 Å². The maximum atomic E-state index is 10.1. The van der Waals surface area contributed by atoms with Gasteiger partial charge in [0.05, 0.1) is 12.3 Å². The van der Waals surface area contributed by atoms with Gasteiger partial charge in [0.2, 0.25) is 0 Å². The summed E-state index contributed by atoms with van der Waals surface area (Å²) in [5.41, 5.74) is 3.12. The number of hydrogen-bond acceptors (Lipinski definition) is 4. The zero-order valence-corrected chi connectivity index (χ0v) is 11.8. The van der Waals surface area contributed by atoms with Crippen LogP contribution in [-0.2, 0) is 13.2 Å². The van der Waals surface area contributed by atoms with Crippen LogP contribution >= 0.6 is 0 Å². The number of pyridine rings is 1. The summed E-state index contributed by atoms with van der Waals surface area (Å²) in [7, 11) is 0. The van der Waals surface area contributed by atoms with Gasteiger partial charge in [-0.25, -0.2) is 0 Å². The summed E-state index contributed by atoms with van der Waals surface area (Å²) in [6.45, 7) is 4.18. The summed E-state index contributed by atoms with van der Waals surface area (Å²) in [6, 6.07) is 10.3. The number of hydrogen-bond donors (Lipinski definition) is 3. The summed E-state index contributed by atoms with van der Waals surface area (Å²) >= 11 is 0. The smallest absolute Gasteiger partial charge is 0.141 e. The molecule has 1 atom stereocenters. The van der Waals surface area contributed by atoms with Crippen LogP contribution in [0.1, 0.15) is 35.3 Å². The quantitative estimate of drug-likeness (QED) is 0.782. The summed E-state index contributed by atoms with van der Waals surface area (Å²) in [4.78, 5) is 4.06. The van der Waals surface area contributed by atoms with Crippen molar-refractivity contribution in [3.63, 3.8) is 0 Å². The predicted molar refractivity (Wildman–Crippen MR) is 78.3 cm³/mol. The van der Waals surface area contributed by atoms with Crippen LogP contribution < -0.4 is 5.32 Å². The number of aliphatic hydroxyl groups excluding tert-OH is 1. The molecular formula is C16H20N2O2. The molecule has 106 valence electrons. The molecule has 0 aliphatic heterocycles. The minimum Gasteiger partial charge on any atom is -0.506 e. The molecule has 0 fully saturated rings. The zero-order valence-electron chi connectivity index (χ0n) is 11.8. The van der Waals surface area contributed by atoms with E-state index < -0.39 is 0 Å². The van der Waals surface area contributed by atoms with E-state index in [9.17, 15) is 10.2 Å². The van der Waals surface area contributed by atoms with Crippen LogP contribution in [0, 0.1) is 6.92 Å². The first kappa shape index (κ1) is 14.5. The molecule has 0 bridgehead atoms. The second kappa shape index (κ2) is 6.50. The molecule has 4 nitrogen and oxygen atoms in total. The maximum Gasteiger partial charge on any atom is 0.141 e. The molecule has 1 heterocycles. The Hall–Kier alpha value is -1.91. The van der Waals surface area contributed by atoms with Crippen LogP contribution in [0.5, 0.6) is 5.75 Å². The van der Waals surface area contributed by atoms with Crippen LogP contribution in [0.2, 0.25) is 0 Å². The molecule has 0 amide bonds. The molecule has 0 aliphatic carbocycles. The Morgan fingerprint density at radius 2 is 1.95 bits per heavy atom. The fourth-order valence-electron chi connectivity index (χ4n) is 2.13. The Morgan fingerprint density at radius 3 is 2.60 bits per heavy atom. The van der Waals surface area contributed by atoms with E-state index in [0.29, 0.717) is 23.4 Å². The van der Waals surface area contributed by atoms with Crippen LogP contribution in [0.15, 0.2) is 36.5 Å². The van der Waals surface area contributed by atoms with Crippen molar-refractivity contribution in [3.8, 4) is 5.75 Å². The molecule has 0 aliphatic rings. The van der Waals surface area contributed by atoms with E-state index in [1.54, 1.807) is 13.1 Å². The Labute approximate surface area is 119 Å². The minimum absolute atomic E-state index is 0.127. The first-order valence-electron chi connectivity index (χ1n) is 6.69. The van der Waals surface area contributed by atoms with Gasteiger partial charge in [0.15, 0.2) is 0 Å². The van der Waals surface area contributed by atoms with E-state index in [1.165, 1.54) is 5.56 Å². The highest BCUT2D eigenvalue weighted by molar-refractivity contribution is 5.40. The van der Waals surface area contributed by atoms with Gasteiger partial charge in [-0.15, -0.1) is 0 Å². The first-order chi connectivity index (χ1) is 9.63. The Bertz CT molecular complexity index is 570. The van der Waals surface area contributed by atoms with Crippen molar-refractivity contribution in [3.05, 3.63) is 58.9 Å². The lowest BCUT2D eigenvalue weighted by Gasteiger charge is -2.17. The molecule has 20 heavy (non-hydrogen) atoms. The fourth-order valence-corrected chi connectivity index (χ4v) is 2.13. The highest BCUT2D eigenvalue weighted by Gasteiger charge is 2.12. The third-order valence-corrected chi connectivity index (χ3v) is 3.49. The monoisotopic (exact) mass is 272 g/mol. The van der Waals surface area contributed by atoms with Crippen molar-refractivity contribution in [1.29, 1.82) is 0 Å². The number of nitrogens with zero attached hydrogens (tertiary/aromatic N) is 1. The summed E-state index contributed by atoms with van der Waals surface area (Å²) in [5, 5.41) is 22.8. The Morgan fingerprint density at radius 1 is 1.25 bits per heavy atom. The van der Waals surface area contributed by atoms with Gasteiger partial charge in [-0.05, 0) is 19.4 Å². The van der Waals surface area contributed by atoms with E-state index in [2.05, 4.69) is 29.4 Å². The molecule has 0 radical (unpaired) electrons. The third kappa shape index (κ3) is 3.15. The molecule has 0 saturated carbocycles. The molecule has 0 unspecified atom stereocenters. The topological polar surface area (TPSA) is 65.4 Å². The van der Waals surface area contributed by atoms with E-state index in [4.69, 9.17) is 0 Å². The molecule has 4 heteroatoms. The molecule has 1 aromatic carbocycles. The maximum absolute atomic E-state index is 10.1. The number of aromatic hydroxyl groups is 1. The predicted octanol–water partition coefficient (Wildman–Crippen LogP) is 2.44. The molecule has 2 aromatic rings. The number of aromatic nitrogens is 1. The van der Waals surface area contributed by atoms with E-state index in [1.807, 2.05) is 18.2 Å². The zero-order chi connectivity index (χ0) is 14.5. The highest BCUT2D eigenvalue weighted by atomic mass is 16.3. The lowest BCUT2D eigenvalue weighted by molar-refractivity contribution is 0.278. The van der Waals surface area contributed by atoms with Crippen molar-refractivity contribution in [1.82, 2.24) is 10.3 Å². The van der Waals surface area contributed by atoms with E-state index in [-0.39, 0.29) is 18.4 Å². The van der Waals surface area contributed by atoms with Gasteiger partial charge in [0, 0.05) is 29.9 Å². The Balaban J connectivity index is 2.13. The van der Waals surface area contributed by atoms with Crippen molar-refractivity contribution in [2.45, 2.75) is 33.0 Å². The molecule has 0 spiro atoms. The van der Waals surface area contributed by atoms with Gasteiger partial charge < -0.3 is 15.5 Å². The average molecular weight is 272 g/mol. The van der Waals surface area contributed by atoms with Crippen LogP contribution in [-0.4, -0.2) is 15.2 Å². The van der Waals surface area contributed by atoms with Gasteiger partial charge in [0.1, 0.15) is 5.75 Å². The van der Waals surface area contributed by atoms with Gasteiger partial charge in [-0.1, -0.05) is 30.3 Å². The second-order valence-corrected chi connectivity index (χ2v) is 4.87. The van der Waals surface area contributed by atoms with Crippen LogP contribution in [0.4, 0.5) is 0 Å². The third-order valence-electron chi connectivity index (χ3n) is 3.49. The van der Waals surface area contributed by atoms with Crippen LogP contribution in [0.25, 0.3) is 0 Å². The fraction of sp³-hybridized carbons (Fsp3) is 0.312. The van der Waals surface area contributed by atoms with E-state index >= 15 is 0 Å². The number of nitrogens with one attached hydrogen (secondary N) is 1. The molecular weight excluding hydrogens is 252 g/mol. The lowest BCUT2D eigenvalue weighted by Crippen LogP contribution is -2.19. The van der Waals surface area contributed by atoms with Gasteiger partial charge in [0.25, 0.3) is 0 Å². The average Bonchev–Trinajstić information content (AvgIpc) is 2.49. The normalized spacial score (nSPS) is 12.3. The standard InChI is InChI=1S/C16H20N2O2/c1-11(13-6-4-3-5-7-13)18-9-15-14(10-19)8-17-12(2)16(15)20/h3-8,11,18-20H,9-10H2,1-2H3/t11-/m0/s1. The largest absolute Gasteiger partial charge is 0.506 e. The van der Waals surface area contributed by atoms with Gasteiger partial charge in [-0.2, -0.15) is 0 Å². The number of aryl methyl sites for hydroxylation is 1. The van der Waals surface area contributed by atoms with Crippen molar-refractivity contribution < 1.29 is 10.2 Å². The van der Waals surface area contributed by atoms with Gasteiger partial charge >= 0.3 is 0 Å². The summed E-state index contributed by atoms with van der Waals surface area (Å²) in [5.74, 6) is 0.157. The van der Waals surface area contributed by atoms with Gasteiger partial charge in [-0.3, -0.25) is 4.98 Å². The molecule has 2 rings (SSSR count). The SMILES string of the molecule is Cc1ncc(CO)c(CN[C@@H](C)c2ccccc2)c1O. The van der Waals surface area contributed by atoms with E-state index in [0.717, 1.165) is 0 Å². The van der Waals surface area contributed by atoms with Crippen LogP contribution in [0.3, 0.4) is 0 Å². The van der Waals surface area contributed by atoms with Crippen molar-refractivity contribution >= 4 is 0 Å². The van der Waals surface area contributed by atoms with Crippen molar-refractivity contribution in [2.24, 2.45) is 0 Å². The highest BCUT2D eigenvalue weighted by Crippen LogP contribution is 2.24. The Kier molecular flexibility index (Phi) is 4.71. The number of aliphatic hydroxyl groups is 1. The lowest BCUT2D eigenvalue weighted by atomic mass is 10.1. The molecule has 0 saturated heterocycles. The number of rotatable bonds is 5. The molecule has 1 aromatic heterocycles. The molecule has 3 N–H and O–H groups in total. The number of benzene rings is 1. The summed E-state index contributed by atoms with van der Waals surface area (Å²) < 4.78 is 0. The second-order valence-electron chi connectivity index (χ2n) is 4.87. The first-order valence-corrected chi connectivity index (χ1v) is 6.69.